The highest BCUT2D eigenvalue weighted by molar-refractivity contribution is 6.15. The van der Waals surface area contributed by atoms with Gasteiger partial charge in [0.05, 0.1) is 81.8 Å². The number of nitrogens with one attached hydrogen (secondary N) is 2. The molecule has 0 spiro atoms. The number of carbonyl (C=O) groups excluding carboxylic acids is 3. The van der Waals surface area contributed by atoms with E-state index in [1.165, 1.54) is 19.3 Å². The number of hydrogen-bond donors (Lipinski definition) is 2. The van der Waals surface area contributed by atoms with E-state index >= 15 is 0 Å². The average molecular weight is 1060 g/mol. The van der Waals surface area contributed by atoms with Gasteiger partial charge in [-0.2, -0.15) is 0 Å². The first kappa shape index (κ1) is 54.2. The third-order valence-electron chi connectivity index (χ3n) is 15.9. The van der Waals surface area contributed by atoms with Gasteiger partial charge in [0, 0.05) is 80.5 Å². The lowest BCUT2D eigenvalue weighted by Gasteiger charge is -2.38. The van der Waals surface area contributed by atoms with Gasteiger partial charge in [-0.05, 0) is 110 Å². The van der Waals surface area contributed by atoms with Crippen LogP contribution in [0.25, 0.3) is 0 Å². The average Bonchev–Trinajstić information content (AvgIpc) is 3.97. The molecule has 1 aliphatic carbocycles. The van der Waals surface area contributed by atoms with Gasteiger partial charge >= 0.3 is 0 Å². The third kappa shape index (κ3) is 12.1. The van der Waals surface area contributed by atoms with Crippen LogP contribution in [0.15, 0.2) is 96.0 Å². The second-order valence-corrected chi connectivity index (χ2v) is 21.5. The minimum absolute atomic E-state index is 0.0248. The lowest BCUT2D eigenvalue weighted by atomic mass is 9.76. The fourth-order valence-electron chi connectivity index (χ4n) is 11.8. The number of para-hydroxylation sites is 2. The Bertz CT molecular complexity index is 2990. The van der Waals surface area contributed by atoms with Crippen LogP contribution in [0, 0.1) is 5.92 Å². The quantitative estimate of drug-likeness (QED) is 0.0564. The molecule has 5 aliphatic rings. The Balaban J connectivity index is 0.921. The summed E-state index contributed by atoms with van der Waals surface area (Å²) < 4.78 is 42.1. The van der Waals surface area contributed by atoms with Crippen LogP contribution in [0.3, 0.4) is 0 Å². The van der Waals surface area contributed by atoms with Gasteiger partial charge in [-0.15, -0.1) is 0 Å². The highest BCUT2D eigenvalue weighted by Crippen LogP contribution is 2.43. The van der Waals surface area contributed by atoms with E-state index in [1.807, 2.05) is 64.5 Å². The van der Waals surface area contributed by atoms with Gasteiger partial charge in [0.2, 0.25) is 5.91 Å². The molecule has 2 atom stereocenters. The van der Waals surface area contributed by atoms with Gasteiger partial charge in [0.25, 0.3) is 11.8 Å². The maximum Gasteiger partial charge on any atom is 0.261 e. The van der Waals surface area contributed by atoms with E-state index in [-0.39, 0.29) is 48.6 Å². The molecular weight excluding hydrogens is 989 g/mol. The van der Waals surface area contributed by atoms with Crippen LogP contribution in [0.1, 0.15) is 102 Å². The minimum Gasteiger partial charge on any atom is -0.493 e. The maximum atomic E-state index is 14.3. The van der Waals surface area contributed by atoms with Crippen LogP contribution in [0.4, 0.5) is 28.4 Å². The largest absolute Gasteiger partial charge is 0.493 e. The summed E-state index contributed by atoms with van der Waals surface area (Å²) in [6, 6.07) is 29.2. The fraction of sp³-hybridized carbons (Fsp3) is 0.452. The predicted molar refractivity (Wildman–Crippen MR) is 303 cm³/mol. The van der Waals surface area contributed by atoms with Crippen molar-refractivity contribution in [2.24, 2.45) is 10.9 Å². The number of rotatable bonds is 24. The van der Waals surface area contributed by atoms with Crippen molar-refractivity contribution in [1.29, 1.82) is 0 Å². The molecule has 412 valence electrons. The van der Waals surface area contributed by atoms with E-state index in [0.29, 0.717) is 123 Å². The highest BCUT2D eigenvalue weighted by Gasteiger charge is 2.39. The number of hydrogen-bond acceptors (Lipinski definition) is 13. The molecule has 2 N–H and O–H groups in total. The topological polar surface area (TPSA) is 162 Å². The van der Waals surface area contributed by atoms with Crippen LogP contribution in [0.2, 0.25) is 0 Å². The number of methoxy groups -OCH3 is 3. The van der Waals surface area contributed by atoms with Gasteiger partial charge in [-0.1, -0.05) is 55.7 Å². The van der Waals surface area contributed by atoms with E-state index < -0.39 is 0 Å². The van der Waals surface area contributed by atoms with E-state index in [1.54, 1.807) is 39.5 Å². The van der Waals surface area contributed by atoms with E-state index in [0.717, 1.165) is 58.6 Å². The van der Waals surface area contributed by atoms with Gasteiger partial charge in [-0.3, -0.25) is 24.3 Å². The van der Waals surface area contributed by atoms with Crippen LogP contribution >= 0.6 is 0 Å². The second-order valence-electron chi connectivity index (χ2n) is 21.5. The standard InChI is InChI=1S/C62H74N6O10/c1-62(2,45-16-7-6-8-17-45)65-59(69)20-13-21-66(22-23-75-26-27-76-25-24-72-3)46-29-41(39-77-57-35-51-49(33-55(57)73-4)60(70)67-47(37-63-51)31-43-14-9-11-18-53(43)67)28-42(30-46)40-78-58-36-52-50(34-56(58)74-5)61(71)68-48(38-64-52)32-44-15-10-12-19-54(44)68/h9-12,14-15,18-19,28-30,33-37,45,47-48,64H,6-8,13,16-17,20-27,31-32,38-40H2,1-5H3,(H,65,69)/t47-,48-/m0/s1. The fourth-order valence-corrected chi connectivity index (χ4v) is 11.8. The van der Waals surface area contributed by atoms with Crippen molar-refractivity contribution >= 4 is 52.4 Å². The zero-order valence-corrected chi connectivity index (χ0v) is 45.8. The summed E-state index contributed by atoms with van der Waals surface area (Å²) in [6.45, 7) is 8.56. The zero-order valence-electron chi connectivity index (χ0n) is 45.8. The second kappa shape index (κ2) is 24.7. The lowest BCUT2D eigenvalue weighted by Crippen LogP contribution is -2.49. The summed E-state index contributed by atoms with van der Waals surface area (Å²) in [5.74, 6) is 2.04. The normalized spacial score (nSPS) is 17.4. The van der Waals surface area contributed by atoms with E-state index in [4.69, 9.17) is 38.2 Å². The first-order valence-corrected chi connectivity index (χ1v) is 27.7. The molecule has 10 rings (SSSR count). The third-order valence-corrected chi connectivity index (χ3v) is 15.9. The molecule has 0 aromatic heterocycles. The Morgan fingerprint density at radius 2 is 1.33 bits per heavy atom. The molecule has 5 aromatic rings. The Morgan fingerprint density at radius 1 is 0.705 bits per heavy atom. The molecule has 1 saturated carbocycles. The molecule has 3 amide bonds. The first-order chi connectivity index (χ1) is 38.0. The van der Waals surface area contributed by atoms with Crippen molar-refractivity contribution in [1.82, 2.24) is 5.32 Å². The first-order valence-electron chi connectivity index (χ1n) is 27.7. The van der Waals surface area contributed by atoms with Gasteiger partial charge in [0.1, 0.15) is 13.2 Å². The number of fused-ring (bicyclic) bond motifs is 8. The predicted octanol–water partition coefficient (Wildman–Crippen LogP) is 9.89. The smallest absolute Gasteiger partial charge is 0.261 e. The van der Waals surface area contributed by atoms with Crippen molar-refractivity contribution in [2.45, 2.75) is 102 Å². The summed E-state index contributed by atoms with van der Waals surface area (Å²) in [7, 11) is 4.79. The Labute approximate surface area is 458 Å². The molecular formula is C62H74N6O10. The van der Waals surface area contributed by atoms with Crippen LogP contribution in [-0.4, -0.2) is 116 Å². The number of benzene rings is 5. The Hall–Kier alpha value is -7.14. The van der Waals surface area contributed by atoms with Crippen molar-refractivity contribution in [3.63, 3.8) is 0 Å². The molecule has 0 unspecified atom stereocenters. The minimum atomic E-state index is -0.278. The van der Waals surface area contributed by atoms with Crippen LogP contribution in [0.5, 0.6) is 23.0 Å². The number of anilines is 4. The molecule has 5 aromatic carbocycles. The number of carbonyl (C=O) groups is 3. The van der Waals surface area contributed by atoms with Crippen LogP contribution in [-0.2, 0) is 45.1 Å². The van der Waals surface area contributed by atoms with E-state index in [2.05, 4.69) is 53.6 Å². The summed E-state index contributed by atoms with van der Waals surface area (Å²) in [6.07, 6.45) is 10.2. The van der Waals surface area contributed by atoms with Crippen molar-refractivity contribution in [3.05, 3.63) is 124 Å². The highest BCUT2D eigenvalue weighted by atomic mass is 16.5. The number of amides is 3. The lowest BCUT2D eigenvalue weighted by molar-refractivity contribution is -0.123. The maximum absolute atomic E-state index is 14.3. The number of aliphatic imine (C=N–C) groups is 1. The molecule has 1 fully saturated rings. The summed E-state index contributed by atoms with van der Waals surface area (Å²) in [5.41, 5.74) is 8.51. The monoisotopic (exact) mass is 1060 g/mol. The molecule has 0 bridgehead atoms. The van der Waals surface area contributed by atoms with Crippen molar-refractivity contribution < 1.29 is 47.5 Å². The Morgan fingerprint density at radius 3 is 2.04 bits per heavy atom. The molecule has 4 aliphatic heterocycles. The zero-order chi connectivity index (χ0) is 54.2. The van der Waals surface area contributed by atoms with Gasteiger partial charge < -0.3 is 53.6 Å². The van der Waals surface area contributed by atoms with E-state index in [9.17, 15) is 14.4 Å². The van der Waals surface area contributed by atoms with Crippen molar-refractivity contribution in [2.75, 3.05) is 94.0 Å². The summed E-state index contributed by atoms with van der Waals surface area (Å²) in [4.78, 5) is 52.9. The molecule has 16 heteroatoms. The SMILES string of the molecule is COCCOCCOCCN(CCCC(=O)NC(C)(C)C1CCCCC1)c1cc(COc2cc3c(cc2OC)C(=O)N2c4ccccc4C[C@H]2C=N3)cc(COc2cc3c(cc2OC)C(=O)N2c4ccccc4C[C@H]2CN3)c1. The van der Waals surface area contributed by atoms with Gasteiger partial charge in [0.15, 0.2) is 23.0 Å². The molecule has 0 radical (unpaired) electrons. The number of ether oxygens (including phenoxy) is 7. The molecule has 4 heterocycles. The molecule has 0 saturated heterocycles. The van der Waals surface area contributed by atoms with Crippen LogP contribution < -0.4 is 44.3 Å². The summed E-state index contributed by atoms with van der Waals surface area (Å²) in [5, 5.41) is 6.93. The van der Waals surface area contributed by atoms with Gasteiger partial charge in [-0.25, -0.2) is 0 Å². The molecule has 16 nitrogen and oxygen atoms in total. The van der Waals surface area contributed by atoms with Crippen molar-refractivity contribution in [3.8, 4) is 23.0 Å². The number of nitrogens with zero attached hydrogens (tertiary/aromatic N) is 4. The summed E-state index contributed by atoms with van der Waals surface area (Å²) >= 11 is 0. The Kier molecular flexibility index (Phi) is 17.2. The molecule has 78 heavy (non-hydrogen) atoms.